The molecule has 0 saturated heterocycles. The van der Waals surface area contributed by atoms with E-state index in [0.29, 0.717) is 0 Å². The first-order valence-corrected chi connectivity index (χ1v) is 21.3. The van der Waals surface area contributed by atoms with Crippen molar-refractivity contribution < 1.29 is 18.8 Å². The second-order valence-electron chi connectivity index (χ2n) is 15.0. The molecule has 0 spiro atoms. The van der Waals surface area contributed by atoms with Crippen molar-refractivity contribution in [2.24, 2.45) is 0 Å². The zero-order valence-corrected chi connectivity index (χ0v) is 32.3. The van der Waals surface area contributed by atoms with Crippen LogP contribution in [0.3, 0.4) is 0 Å². The van der Waals surface area contributed by atoms with Gasteiger partial charge >= 0.3 is 6.09 Å². The summed E-state index contributed by atoms with van der Waals surface area (Å²) in [5.41, 5.74) is 0.913. The minimum atomic E-state index is -2.99. The van der Waals surface area contributed by atoms with Crippen molar-refractivity contribution in [3.8, 4) is 0 Å². The minimum Gasteiger partial charge on any atom is -0.465 e. The molecule has 0 fully saturated rings. The molecule has 0 atom stereocenters. The van der Waals surface area contributed by atoms with Gasteiger partial charge in [0.2, 0.25) is 0 Å². The number of amides is 1. The van der Waals surface area contributed by atoms with Crippen molar-refractivity contribution in [2.45, 2.75) is 64.2 Å². The Balaban J connectivity index is 1.64. The summed E-state index contributed by atoms with van der Waals surface area (Å²) in [7, 11) is -5.98. The lowest BCUT2D eigenvalue weighted by Gasteiger charge is -2.46. The van der Waals surface area contributed by atoms with Crippen molar-refractivity contribution in [3.05, 3.63) is 157 Å². The molecule has 0 saturated carbocycles. The molecule has 5 rings (SSSR count). The summed E-state index contributed by atoms with van der Waals surface area (Å²) < 4.78 is 14.9. The Bertz CT molecular complexity index is 1590. The van der Waals surface area contributed by atoms with Gasteiger partial charge in [-0.15, -0.1) is 0 Å². The molecule has 5 aromatic carbocycles. The van der Waals surface area contributed by atoms with Crippen molar-refractivity contribution in [1.29, 1.82) is 0 Å². The van der Waals surface area contributed by atoms with Gasteiger partial charge < -0.3 is 14.0 Å². The zero-order valence-electron chi connectivity index (χ0n) is 30.3. The highest BCUT2D eigenvalue weighted by atomic mass is 28.4. The Morgan fingerprint density at radius 3 is 1.08 bits per heavy atom. The lowest BCUT2D eigenvalue weighted by Crippen LogP contribution is -2.69. The third-order valence-electron chi connectivity index (χ3n) is 9.70. The lowest BCUT2D eigenvalue weighted by molar-refractivity contribution is 0.0704. The highest BCUT2D eigenvalue weighted by Crippen LogP contribution is 2.39. The van der Waals surface area contributed by atoms with Crippen molar-refractivity contribution in [2.75, 3.05) is 13.2 Å². The standard InChI is InChI=1S/C43H51NO4Si2/c1-42(2,3)49(37-24-14-8-15-25-37,38-26-16-9-17-27-38)47-33-36(44(41(45)46)32-35-22-12-7-13-23-35)34-48-50(43(4,5)6,39-28-18-10-19-29-39)40-30-20-11-21-31-40/h7-31,36H,32-34H2,1-6H3,(H,45,46). The summed E-state index contributed by atoms with van der Waals surface area (Å²) in [6, 6.07) is 51.2. The van der Waals surface area contributed by atoms with Crippen LogP contribution in [0.25, 0.3) is 0 Å². The van der Waals surface area contributed by atoms with Crippen molar-refractivity contribution in [1.82, 2.24) is 4.90 Å². The molecule has 0 radical (unpaired) electrons. The van der Waals surface area contributed by atoms with Crippen LogP contribution in [-0.2, 0) is 15.4 Å². The number of carbonyl (C=O) groups is 1. The molecule has 0 aliphatic carbocycles. The third kappa shape index (κ3) is 7.71. The summed E-state index contributed by atoms with van der Waals surface area (Å²) in [6.07, 6.45) is -1.00. The fourth-order valence-corrected chi connectivity index (χ4v) is 16.5. The van der Waals surface area contributed by atoms with E-state index in [1.165, 1.54) is 4.90 Å². The first-order chi connectivity index (χ1) is 23.9. The monoisotopic (exact) mass is 701 g/mol. The fourth-order valence-electron chi connectivity index (χ4n) is 7.33. The van der Waals surface area contributed by atoms with Gasteiger partial charge in [0.25, 0.3) is 16.6 Å². The van der Waals surface area contributed by atoms with E-state index < -0.39 is 28.8 Å². The second-order valence-corrected chi connectivity index (χ2v) is 23.6. The number of hydrogen-bond donors (Lipinski definition) is 1. The number of hydrogen-bond acceptors (Lipinski definition) is 3. The average molecular weight is 702 g/mol. The molecule has 1 N–H and O–H groups in total. The summed E-state index contributed by atoms with van der Waals surface area (Å²) in [4.78, 5) is 14.8. The molecule has 0 aromatic heterocycles. The van der Waals surface area contributed by atoms with Crippen LogP contribution in [0.4, 0.5) is 4.79 Å². The van der Waals surface area contributed by atoms with Gasteiger partial charge in [-0.2, -0.15) is 0 Å². The number of rotatable bonds is 13. The zero-order chi connectivity index (χ0) is 35.8. The van der Waals surface area contributed by atoms with E-state index in [-0.39, 0.29) is 29.8 Å². The molecule has 260 valence electrons. The van der Waals surface area contributed by atoms with Crippen LogP contribution >= 0.6 is 0 Å². The SMILES string of the molecule is CC(C)(C)[Si](OCC(CO[Si](c1ccccc1)(c1ccccc1)C(C)(C)C)N(Cc1ccccc1)C(=O)O)(c1ccccc1)c1ccccc1. The van der Waals surface area contributed by atoms with Crippen molar-refractivity contribution in [3.63, 3.8) is 0 Å². The van der Waals surface area contributed by atoms with Gasteiger partial charge in [-0.3, -0.25) is 4.90 Å². The van der Waals surface area contributed by atoms with Gasteiger partial charge in [0.05, 0.1) is 19.3 Å². The lowest BCUT2D eigenvalue weighted by atomic mass is 10.2. The maximum atomic E-state index is 13.3. The first-order valence-electron chi connectivity index (χ1n) is 17.4. The molecule has 0 aliphatic rings. The van der Waals surface area contributed by atoms with Crippen LogP contribution in [0, 0.1) is 0 Å². The molecule has 50 heavy (non-hydrogen) atoms. The highest BCUT2D eigenvalue weighted by molar-refractivity contribution is 7.00. The Morgan fingerprint density at radius 1 is 0.540 bits per heavy atom. The van der Waals surface area contributed by atoms with E-state index in [9.17, 15) is 9.90 Å². The molecule has 0 unspecified atom stereocenters. The van der Waals surface area contributed by atoms with Crippen LogP contribution in [-0.4, -0.2) is 52.0 Å². The number of carboxylic acid groups (broad SMARTS) is 1. The topological polar surface area (TPSA) is 59.0 Å². The quantitative estimate of drug-likeness (QED) is 0.128. The number of nitrogens with zero attached hydrogens (tertiary/aromatic N) is 1. The fraction of sp³-hybridized carbons (Fsp3) is 0.279. The van der Waals surface area contributed by atoms with Gasteiger partial charge in [-0.05, 0) is 36.4 Å². The van der Waals surface area contributed by atoms with E-state index in [0.717, 1.165) is 26.3 Å². The maximum absolute atomic E-state index is 13.3. The second kappa shape index (κ2) is 15.7. The van der Waals surface area contributed by atoms with E-state index in [2.05, 4.69) is 139 Å². The van der Waals surface area contributed by atoms with Crippen molar-refractivity contribution >= 4 is 43.5 Å². The normalized spacial score (nSPS) is 12.5. The van der Waals surface area contributed by atoms with Gasteiger partial charge in [-0.1, -0.05) is 193 Å². The molecular weight excluding hydrogens is 651 g/mol. The van der Waals surface area contributed by atoms with E-state index in [4.69, 9.17) is 8.85 Å². The highest BCUT2D eigenvalue weighted by Gasteiger charge is 2.52. The molecular formula is C43H51NO4Si2. The predicted octanol–water partition coefficient (Wildman–Crippen LogP) is 7.69. The Morgan fingerprint density at radius 2 is 0.820 bits per heavy atom. The molecule has 1 amide bonds. The van der Waals surface area contributed by atoms with Crippen LogP contribution in [0.2, 0.25) is 10.1 Å². The minimum absolute atomic E-state index is 0.171. The van der Waals surface area contributed by atoms with E-state index in [1.807, 2.05) is 54.6 Å². The van der Waals surface area contributed by atoms with Crippen LogP contribution in [0.5, 0.6) is 0 Å². The predicted molar refractivity (Wildman–Crippen MR) is 211 cm³/mol. The maximum Gasteiger partial charge on any atom is 0.408 e. The summed E-state index contributed by atoms with van der Waals surface area (Å²) in [5, 5.41) is 14.9. The van der Waals surface area contributed by atoms with Gasteiger partial charge in [0, 0.05) is 6.54 Å². The molecule has 7 heteroatoms. The van der Waals surface area contributed by atoms with Crippen LogP contribution < -0.4 is 20.7 Å². The van der Waals surface area contributed by atoms with Gasteiger partial charge in [0.1, 0.15) is 0 Å². The molecule has 5 nitrogen and oxygen atoms in total. The third-order valence-corrected chi connectivity index (χ3v) is 19.7. The Hall–Kier alpha value is -4.28. The van der Waals surface area contributed by atoms with Crippen LogP contribution in [0.1, 0.15) is 47.1 Å². The van der Waals surface area contributed by atoms with Crippen LogP contribution in [0.15, 0.2) is 152 Å². The first kappa shape index (κ1) is 37.0. The van der Waals surface area contributed by atoms with E-state index in [1.54, 1.807) is 0 Å². The largest absolute Gasteiger partial charge is 0.465 e. The molecule has 0 aliphatic heterocycles. The molecule has 5 aromatic rings. The summed E-state index contributed by atoms with van der Waals surface area (Å²) >= 11 is 0. The van der Waals surface area contributed by atoms with Gasteiger partial charge in [0.15, 0.2) is 0 Å². The molecule has 0 bridgehead atoms. The summed E-state index contributed by atoms with van der Waals surface area (Å²) in [5.74, 6) is 0. The Kier molecular flexibility index (Phi) is 11.6. The smallest absolute Gasteiger partial charge is 0.408 e. The summed E-state index contributed by atoms with van der Waals surface area (Å²) in [6.45, 7) is 14.0. The van der Waals surface area contributed by atoms with Gasteiger partial charge in [-0.25, -0.2) is 4.79 Å². The Labute approximate surface area is 300 Å². The number of benzene rings is 5. The average Bonchev–Trinajstić information content (AvgIpc) is 3.11. The van der Waals surface area contributed by atoms with E-state index >= 15 is 0 Å². The molecule has 0 heterocycles.